The van der Waals surface area contributed by atoms with Gasteiger partial charge in [0.05, 0.1) is 13.0 Å². The zero-order chi connectivity index (χ0) is 28.6. The number of carbonyl (C=O) groups excluding carboxylic acids is 1. The lowest BCUT2D eigenvalue weighted by Crippen LogP contribution is -2.35. The third-order valence-electron chi connectivity index (χ3n) is 5.39. The molecule has 9 heteroatoms. The second-order valence-corrected chi connectivity index (χ2v) is 10.6. The Kier molecular flexibility index (Phi) is 12.0. The molecule has 0 aliphatic heterocycles. The van der Waals surface area contributed by atoms with Crippen LogP contribution in [0.3, 0.4) is 0 Å². The molecule has 0 unspecified atom stereocenters. The third kappa shape index (κ3) is 11.2. The highest BCUT2D eigenvalue weighted by Gasteiger charge is 2.28. The first-order chi connectivity index (χ1) is 19.3. The number of hydrogen-bond donors (Lipinski definition) is 3. The summed E-state index contributed by atoms with van der Waals surface area (Å²) in [7, 11) is -3.65. The van der Waals surface area contributed by atoms with E-state index in [0.29, 0.717) is 11.5 Å². The van der Waals surface area contributed by atoms with Crippen LogP contribution in [0.25, 0.3) is 11.1 Å². The number of para-hydroxylation sites is 2. The number of aryl methyl sites for hydroxylation is 1. The lowest BCUT2D eigenvalue weighted by Gasteiger charge is -2.20. The molecule has 1 amide bonds. The van der Waals surface area contributed by atoms with Gasteiger partial charge >= 0.3 is 13.6 Å². The molecule has 0 bridgehead atoms. The highest BCUT2D eigenvalue weighted by atomic mass is 31.2. The summed E-state index contributed by atoms with van der Waals surface area (Å²) in [5.41, 5.74) is 3.87. The molecule has 0 fully saturated rings. The van der Waals surface area contributed by atoms with Crippen molar-refractivity contribution >= 4 is 19.5 Å². The van der Waals surface area contributed by atoms with Crippen molar-refractivity contribution in [1.29, 1.82) is 0 Å². The van der Waals surface area contributed by atoms with Crippen molar-refractivity contribution in [3.63, 3.8) is 0 Å². The van der Waals surface area contributed by atoms with Crippen LogP contribution < -0.4 is 19.7 Å². The number of carbonyl (C=O) groups is 2. The number of aliphatic carboxylic acids is 1. The first-order valence-corrected chi connectivity index (χ1v) is 14.5. The fourth-order valence-corrected chi connectivity index (χ4v) is 4.86. The molecule has 8 nitrogen and oxygen atoms in total. The van der Waals surface area contributed by atoms with Crippen LogP contribution in [-0.4, -0.2) is 36.4 Å². The molecular weight excluding hydrogens is 527 g/mol. The Morgan fingerprint density at radius 2 is 1.20 bits per heavy atom. The largest absolute Gasteiger partial charge is 0.481 e. The van der Waals surface area contributed by atoms with Crippen molar-refractivity contribution in [3.8, 4) is 22.6 Å². The Morgan fingerprint density at radius 1 is 0.725 bits per heavy atom. The molecule has 0 radical (unpaired) electrons. The number of carboxylic acid groups (broad SMARTS) is 1. The van der Waals surface area contributed by atoms with Crippen LogP contribution in [0.1, 0.15) is 12.0 Å². The van der Waals surface area contributed by atoms with E-state index in [2.05, 4.69) is 66.1 Å². The lowest BCUT2D eigenvalue weighted by atomic mass is 10.0. The highest BCUT2D eigenvalue weighted by Crippen LogP contribution is 2.47. The maximum atomic E-state index is 13.1. The molecular formula is C31H33N2O6P. The van der Waals surface area contributed by atoms with Gasteiger partial charge in [-0.2, -0.15) is 0 Å². The van der Waals surface area contributed by atoms with Gasteiger partial charge in [0.2, 0.25) is 5.91 Å². The fraction of sp³-hybridized carbons (Fsp3) is 0.161. The molecule has 4 aromatic carbocycles. The standard InChI is InChI=1S/C18H21N2O6P.C13H12/c21-17(20-12-11-18(22)23)13-19-14-27(24,25-15-7-3-1-4-8-15)26-16-9-5-2-6-10-16;1-11-7-9-13(10-8-11)12-5-3-2-4-6-12/h1-10,19H,11-14H2,(H,20,21)(H,22,23);2-10H,1H3. The van der Waals surface area contributed by atoms with Crippen molar-refractivity contribution in [2.24, 2.45) is 0 Å². The Morgan fingerprint density at radius 3 is 1.70 bits per heavy atom. The molecule has 0 aliphatic rings. The summed E-state index contributed by atoms with van der Waals surface area (Å²) in [5, 5.41) is 13.7. The molecule has 0 aliphatic carbocycles. The zero-order valence-electron chi connectivity index (χ0n) is 22.2. The summed E-state index contributed by atoms with van der Waals surface area (Å²) < 4.78 is 24.2. The van der Waals surface area contributed by atoms with Crippen LogP contribution in [0.4, 0.5) is 0 Å². The first kappa shape index (κ1) is 30.2. The fourth-order valence-electron chi connectivity index (χ4n) is 3.42. The van der Waals surface area contributed by atoms with Gasteiger partial charge in [-0.05, 0) is 42.3 Å². The highest BCUT2D eigenvalue weighted by molar-refractivity contribution is 7.54. The molecule has 208 valence electrons. The van der Waals surface area contributed by atoms with E-state index >= 15 is 0 Å². The van der Waals surface area contributed by atoms with Gasteiger partial charge in [-0.15, -0.1) is 0 Å². The quantitative estimate of drug-likeness (QED) is 0.178. The molecule has 0 spiro atoms. The monoisotopic (exact) mass is 560 g/mol. The zero-order valence-corrected chi connectivity index (χ0v) is 23.1. The van der Waals surface area contributed by atoms with Crippen LogP contribution in [0.15, 0.2) is 115 Å². The Hall–Kier alpha value is -4.39. The molecule has 0 aromatic heterocycles. The van der Waals surface area contributed by atoms with Gasteiger partial charge in [0.25, 0.3) is 0 Å². The first-order valence-electron chi connectivity index (χ1n) is 12.7. The number of carboxylic acids is 1. The second kappa shape index (κ2) is 15.9. The second-order valence-electron chi connectivity index (χ2n) is 8.73. The summed E-state index contributed by atoms with van der Waals surface area (Å²) in [6.07, 6.45) is -0.373. The summed E-state index contributed by atoms with van der Waals surface area (Å²) >= 11 is 0. The lowest BCUT2D eigenvalue weighted by molar-refractivity contribution is -0.136. The minimum atomic E-state index is -3.65. The molecule has 4 aromatic rings. The van der Waals surface area contributed by atoms with Crippen LogP contribution in [0, 0.1) is 6.92 Å². The van der Waals surface area contributed by atoms with Gasteiger partial charge in [-0.1, -0.05) is 96.6 Å². The van der Waals surface area contributed by atoms with Gasteiger partial charge in [0.1, 0.15) is 17.8 Å². The summed E-state index contributed by atoms with van der Waals surface area (Å²) in [4.78, 5) is 22.1. The number of nitrogens with one attached hydrogen (secondary N) is 2. The maximum Gasteiger partial charge on any atom is 0.444 e. The average molecular weight is 561 g/mol. The van der Waals surface area contributed by atoms with E-state index in [1.807, 2.05) is 6.07 Å². The van der Waals surface area contributed by atoms with E-state index in [4.69, 9.17) is 14.2 Å². The normalized spacial score (nSPS) is 10.5. The van der Waals surface area contributed by atoms with Gasteiger partial charge in [-0.3, -0.25) is 14.9 Å². The topological polar surface area (TPSA) is 114 Å². The van der Waals surface area contributed by atoms with E-state index in [1.165, 1.54) is 16.7 Å². The molecule has 3 N–H and O–H groups in total. The average Bonchev–Trinajstić information content (AvgIpc) is 2.95. The Balaban J connectivity index is 0.000000281. The predicted octanol–water partition coefficient (Wildman–Crippen LogP) is 6.14. The van der Waals surface area contributed by atoms with Gasteiger partial charge in [-0.25, -0.2) is 4.57 Å². The van der Waals surface area contributed by atoms with Crippen LogP contribution in [0.5, 0.6) is 11.5 Å². The number of benzene rings is 4. The number of amides is 1. The minimum Gasteiger partial charge on any atom is -0.481 e. The van der Waals surface area contributed by atoms with Crippen LogP contribution in [-0.2, 0) is 14.2 Å². The molecule has 0 atom stereocenters. The summed E-state index contributed by atoms with van der Waals surface area (Å²) in [5.74, 6) is -0.656. The molecule has 0 saturated heterocycles. The summed E-state index contributed by atoms with van der Waals surface area (Å²) in [6, 6.07) is 36.2. The minimum absolute atomic E-state index is 0.0224. The molecule has 0 saturated carbocycles. The molecule has 40 heavy (non-hydrogen) atoms. The third-order valence-corrected chi connectivity index (χ3v) is 6.98. The van der Waals surface area contributed by atoms with Gasteiger partial charge < -0.3 is 19.5 Å². The number of hydrogen-bond acceptors (Lipinski definition) is 6. The van der Waals surface area contributed by atoms with Crippen molar-refractivity contribution in [2.45, 2.75) is 13.3 Å². The van der Waals surface area contributed by atoms with Gasteiger partial charge in [0.15, 0.2) is 0 Å². The van der Waals surface area contributed by atoms with Crippen LogP contribution >= 0.6 is 7.60 Å². The van der Waals surface area contributed by atoms with E-state index in [9.17, 15) is 14.2 Å². The van der Waals surface area contributed by atoms with E-state index in [1.54, 1.807) is 60.7 Å². The van der Waals surface area contributed by atoms with E-state index in [-0.39, 0.29) is 25.8 Å². The van der Waals surface area contributed by atoms with Crippen LogP contribution in [0.2, 0.25) is 0 Å². The Bertz CT molecular complexity index is 1320. The maximum absolute atomic E-state index is 13.1. The number of rotatable bonds is 12. The van der Waals surface area contributed by atoms with E-state index in [0.717, 1.165) is 0 Å². The molecule has 4 rings (SSSR count). The van der Waals surface area contributed by atoms with Crippen molar-refractivity contribution < 1.29 is 28.3 Å². The molecule has 0 heterocycles. The van der Waals surface area contributed by atoms with Gasteiger partial charge in [0, 0.05) is 6.54 Å². The van der Waals surface area contributed by atoms with E-state index < -0.39 is 19.5 Å². The SMILES string of the molecule is Cc1ccc(-c2ccccc2)cc1.O=C(O)CCNC(=O)CNCP(=O)(Oc1ccccc1)Oc1ccccc1. The van der Waals surface area contributed by atoms with Crippen molar-refractivity contribution in [3.05, 3.63) is 121 Å². The summed E-state index contributed by atoms with van der Waals surface area (Å²) in [6.45, 7) is 1.98. The predicted molar refractivity (Wildman–Crippen MR) is 156 cm³/mol. The Labute approximate surface area is 234 Å². The smallest absolute Gasteiger partial charge is 0.444 e. The van der Waals surface area contributed by atoms with Crippen molar-refractivity contribution in [2.75, 3.05) is 19.4 Å². The van der Waals surface area contributed by atoms with Crippen molar-refractivity contribution in [1.82, 2.24) is 10.6 Å².